The van der Waals surface area contributed by atoms with Crippen LogP contribution in [0.3, 0.4) is 0 Å². The first-order valence-electron chi connectivity index (χ1n) is 14.8. The number of nitrogens with zero attached hydrogens (tertiary/aromatic N) is 4. The van der Waals surface area contributed by atoms with Gasteiger partial charge in [0.2, 0.25) is 6.29 Å². The van der Waals surface area contributed by atoms with Crippen LogP contribution in [-0.4, -0.2) is 132 Å². The molecular weight excluding hydrogens is 771 g/mol. The number of halogens is 1. The molecule has 0 aromatic carbocycles. The lowest BCUT2D eigenvalue weighted by molar-refractivity contribution is -0.296. The predicted octanol–water partition coefficient (Wildman–Crippen LogP) is -1.18. The van der Waals surface area contributed by atoms with Gasteiger partial charge in [-0.15, -0.1) is 0 Å². The van der Waals surface area contributed by atoms with Crippen molar-refractivity contribution in [1.29, 1.82) is 0 Å². The van der Waals surface area contributed by atoms with Crippen LogP contribution in [0, 0.1) is 0 Å². The minimum Gasteiger partial charge on any atom is -0.463 e. The van der Waals surface area contributed by atoms with Crippen molar-refractivity contribution in [1.82, 2.24) is 19.5 Å². The summed E-state index contributed by atoms with van der Waals surface area (Å²) in [6.07, 6.45) is -16.5. The maximum absolute atomic E-state index is 15.4. The lowest BCUT2D eigenvalue weighted by Gasteiger charge is -2.44. The van der Waals surface area contributed by atoms with Crippen molar-refractivity contribution in [3.8, 4) is 0 Å². The van der Waals surface area contributed by atoms with E-state index in [1.807, 2.05) is 0 Å². The monoisotopic (exact) mass is 805 g/mol. The number of hydrogen-bond donors (Lipinski definition) is 5. The minimum absolute atomic E-state index is 0.0244. The number of aromatic nitrogens is 4. The highest BCUT2D eigenvalue weighted by Crippen LogP contribution is 2.62. The van der Waals surface area contributed by atoms with Gasteiger partial charge in [0.1, 0.15) is 42.9 Å². The molecular formula is C25H34FN5O18P2S. The summed E-state index contributed by atoms with van der Waals surface area (Å²) in [5.74, 6) is -4.16. The SMILES string of the molecule is CC(=O)OCC(F)[C@H]1O[C@@H](OP(=O)(O)OP(O)(=S)OC[C@H]2O[C@@H](n3cnc4c(N)ncnc43)[C@H](O)[C@@H]2O)[C@@H](OC(C)=O)[C@@H](OC(C)=O)[C@@H]1OC(C)=O. The van der Waals surface area contributed by atoms with Gasteiger partial charge in [-0.25, -0.2) is 28.2 Å². The van der Waals surface area contributed by atoms with Crippen molar-refractivity contribution in [2.24, 2.45) is 0 Å². The molecule has 4 heterocycles. The maximum Gasteiger partial charge on any atom is 0.481 e. The molecule has 0 aliphatic carbocycles. The van der Waals surface area contributed by atoms with Gasteiger partial charge >= 0.3 is 38.4 Å². The van der Waals surface area contributed by atoms with Crippen LogP contribution in [0.4, 0.5) is 10.2 Å². The van der Waals surface area contributed by atoms with E-state index < -0.39 is 113 Å². The fraction of sp³-hybridized carbons (Fsp3) is 0.640. The number of nitrogens with two attached hydrogens (primary N) is 1. The summed E-state index contributed by atoms with van der Waals surface area (Å²) in [5, 5.41) is 21.2. The second-order valence-electron chi connectivity index (χ2n) is 11.1. The van der Waals surface area contributed by atoms with Crippen molar-refractivity contribution >= 4 is 67.2 Å². The van der Waals surface area contributed by atoms with Crippen molar-refractivity contribution in [3.05, 3.63) is 12.7 Å². The Balaban J connectivity index is 1.52. The average molecular weight is 806 g/mol. The van der Waals surface area contributed by atoms with Gasteiger partial charge in [0.25, 0.3) is 0 Å². The van der Waals surface area contributed by atoms with Crippen LogP contribution in [0.1, 0.15) is 33.9 Å². The summed E-state index contributed by atoms with van der Waals surface area (Å²) < 4.78 is 75.7. The molecule has 52 heavy (non-hydrogen) atoms. The molecule has 0 spiro atoms. The molecule has 2 aromatic heterocycles. The number of aliphatic hydroxyl groups is 2. The number of phosphoric acid groups is 1. The van der Waals surface area contributed by atoms with Crippen LogP contribution >= 0.6 is 14.5 Å². The van der Waals surface area contributed by atoms with E-state index >= 15 is 4.39 Å². The van der Waals surface area contributed by atoms with Gasteiger partial charge in [-0.2, -0.15) is 0 Å². The van der Waals surface area contributed by atoms with Gasteiger partial charge in [0, 0.05) is 27.7 Å². The van der Waals surface area contributed by atoms with Crippen LogP contribution in [0.15, 0.2) is 12.7 Å². The van der Waals surface area contributed by atoms with E-state index in [-0.39, 0.29) is 17.0 Å². The number of carbonyl (C=O) groups excluding carboxylic acids is 4. The van der Waals surface area contributed by atoms with Crippen LogP contribution in [-0.2, 0) is 77.3 Å². The van der Waals surface area contributed by atoms with Crippen LogP contribution < -0.4 is 5.73 Å². The third kappa shape index (κ3) is 10.2. The molecule has 0 radical (unpaired) electrons. The molecule has 0 bridgehead atoms. The Labute approximate surface area is 297 Å². The smallest absolute Gasteiger partial charge is 0.463 e. The normalized spacial score (nSPS) is 30.4. The van der Waals surface area contributed by atoms with E-state index in [0.29, 0.717) is 0 Å². The number of phosphoric ester groups is 1. The average Bonchev–Trinajstić information content (AvgIpc) is 3.57. The van der Waals surface area contributed by atoms with E-state index in [1.165, 1.54) is 10.9 Å². The fourth-order valence-electron chi connectivity index (χ4n) is 5.10. The summed E-state index contributed by atoms with van der Waals surface area (Å²) in [7, 11) is -5.72. The second kappa shape index (κ2) is 16.8. The van der Waals surface area contributed by atoms with E-state index in [1.54, 1.807) is 0 Å². The largest absolute Gasteiger partial charge is 0.481 e. The third-order valence-corrected chi connectivity index (χ3v) is 10.6. The van der Waals surface area contributed by atoms with Gasteiger partial charge in [0.15, 0.2) is 42.2 Å². The molecule has 2 aliphatic rings. The lowest BCUT2D eigenvalue weighted by atomic mass is 9.95. The second-order valence-corrected chi connectivity index (χ2v) is 15.4. The number of alkyl halides is 1. The third-order valence-electron chi connectivity index (χ3n) is 7.08. The van der Waals surface area contributed by atoms with E-state index in [0.717, 1.165) is 34.0 Å². The molecule has 4 rings (SSSR count). The fourth-order valence-corrected chi connectivity index (χ4v) is 8.19. The van der Waals surface area contributed by atoms with Gasteiger partial charge in [-0.05, 0) is 11.8 Å². The topological polar surface area (TPSA) is 319 Å². The Hall–Kier alpha value is -3.32. The summed E-state index contributed by atoms with van der Waals surface area (Å²) in [6.45, 7) is -3.12. The zero-order chi connectivity index (χ0) is 38.7. The van der Waals surface area contributed by atoms with Crippen molar-refractivity contribution < 1.29 is 89.9 Å². The van der Waals surface area contributed by atoms with Gasteiger partial charge in [-0.3, -0.25) is 28.3 Å². The van der Waals surface area contributed by atoms with Crippen molar-refractivity contribution in [2.75, 3.05) is 18.9 Å². The van der Waals surface area contributed by atoms with E-state index in [2.05, 4.69) is 24.0 Å². The zero-order valence-corrected chi connectivity index (χ0v) is 30.0. The molecule has 2 aliphatic heterocycles. The molecule has 0 saturated carbocycles. The van der Waals surface area contributed by atoms with Crippen LogP contribution in [0.5, 0.6) is 0 Å². The molecule has 23 nitrogen and oxygen atoms in total. The van der Waals surface area contributed by atoms with Gasteiger partial charge in [0.05, 0.1) is 12.9 Å². The molecule has 6 N–H and O–H groups in total. The first-order valence-corrected chi connectivity index (χ1v) is 18.9. The zero-order valence-electron chi connectivity index (χ0n) is 27.4. The van der Waals surface area contributed by atoms with Crippen LogP contribution in [0.2, 0.25) is 0 Å². The Morgan fingerprint density at radius 2 is 1.58 bits per heavy atom. The number of hydrogen-bond acceptors (Lipinski definition) is 21. The number of carbonyl (C=O) groups is 4. The number of imidazole rings is 1. The molecule has 0 amide bonds. The standard InChI is InChI=1S/C25H34FN5O18P2S/c1-9(32)41-5-13(26)18-19(43-10(2)33)20(44-11(3)34)21(45-12(4)35)25(47-18)48-50(38,39)49-51(40,52)42-6-14-16(36)17(37)24(46-14)31-8-30-15-22(27)28-7-29-23(15)31/h7-8,13-14,16-21,24-25,36-37H,5-6H2,1-4H3,(H,38,39)(H,40,52)(H2,27,28,29)/t13?,14-,16-,17-,18-,19-,20+,21+,24-,25+,51?/m1/s1. The molecule has 2 aromatic rings. The molecule has 27 heteroatoms. The first-order chi connectivity index (χ1) is 24.2. The highest BCUT2D eigenvalue weighted by molar-refractivity contribution is 8.08. The number of ether oxygens (including phenoxy) is 6. The molecule has 290 valence electrons. The Morgan fingerprint density at radius 3 is 2.19 bits per heavy atom. The van der Waals surface area contributed by atoms with Gasteiger partial charge < -0.3 is 58.7 Å². The van der Waals surface area contributed by atoms with Crippen molar-refractivity contribution in [2.45, 2.75) is 89.1 Å². The van der Waals surface area contributed by atoms with Crippen LogP contribution in [0.25, 0.3) is 11.2 Å². The highest BCUT2D eigenvalue weighted by atomic mass is 32.5. The lowest BCUT2D eigenvalue weighted by Crippen LogP contribution is -2.64. The number of rotatable bonds is 14. The molecule has 2 saturated heterocycles. The van der Waals surface area contributed by atoms with Crippen molar-refractivity contribution in [3.63, 3.8) is 0 Å². The van der Waals surface area contributed by atoms with E-state index in [9.17, 15) is 43.7 Å². The Morgan fingerprint density at radius 1 is 0.962 bits per heavy atom. The number of anilines is 1. The number of fused-ring (bicyclic) bond motifs is 1. The maximum atomic E-state index is 15.4. The Kier molecular flexibility index (Phi) is 13.4. The summed E-state index contributed by atoms with van der Waals surface area (Å²) in [5.41, 5.74) is 6.09. The Bertz CT molecular complexity index is 1760. The number of esters is 4. The van der Waals surface area contributed by atoms with Gasteiger partial charge in [-0.1, -0.05) is 0 Å². The number of aliphatic hydroxyl groups excluding tert-OH is 2. The molecule has 2 fully saturated rings. The number of nitrogen functional groups attached to an aromatic ring is 1. The minimum atomic E-state index is -5.72. The molecule has 3 unspecified atom stereocenters. The molecule has 12 atom stereocenters. The quantitative estimate of drug-likeness (QED) is 0.0852. The highest BCUT2D eigenvalue weighted by Gasteiger charge is 2.57. The summed E-state index contributed by atoms with van der Waals surface area (Å²) >= 11 is 4.82. The summed E-state index contributed by atoms with van der Waals surface area (Å²) in [4.78, 5) is 80.5. The summed E-state index contributed by atoms with van der Waals surface area (Å²) in [6, 6.07) is 0. The predicted molar refractivity (Wildman–Crippen MR) is 167 cm³/mol. The van der Waals surface area contributed by atoms with E-state index in [4.69, 9.17) is 50.3 Å². The first kappa shape index (κ1) is 41.4.